The van der Waals surface area contributed by atoms with Crippen LogP contribution < -0.4 is 20.7 Å². The molecule has 6 heteroatoms. The van der Waals surface area contributed by atoms with Gasteiger partial charge >= 0.3 is 0 Å². The second-order valence-electron chi connectivity index (χ2n) is 7.23. The van der Waals surface area contributed by atoms with Crippen molar-refractivity contribution >= 4 is 23.2 Å². The summed E-state index contributed by atoms with van der Waals surface area (Å²) in [6, 6.07) is 24.1. The van der Waals surface area contributed by atoms with Crippen LogP contribution in [0.4, 0.5) is 11.4 Å². The Morgan fingerprint density at radius 3 is 1.97 bits per heavy atom. The van der Waals surface area contributed by atoms with Gasteiger partial charge in [0.1, 0.15) is 11.8 Å². The van der Waals surface area contributed by atoms with Crippen LogP contribution in [0.25, 0.3) is 0 Å². The number of rotatable bonds is 8. The molecule has 0 fully saturated rings. The van der Waals surface area contributed by atoms with Gasteiger partial charge in [-0.25, -0.2) is 0 Å². The van der Waals surface area contributed by atoms with Crippen molar-refractivity contribution in [3.05, 3.63) is 90.0 Å². The van der Waals surface area contributed by atoms with Crippen LogP contribution in [0.15, 0.2) is 78.9 Å². The highest BCUT2D eigenvalue weighted by Gasteiger charge is 2.21. The van der Waals surface area contributed by atoms with E-state index in [0.29, 0.717) is 17.1 Å². The summed E-state index contributed by atoms with van der Waals surface area (Å²) in [6.45, 7) is 3.23. The third-order valence-corrected chi connectivity index (χ3v) is 4.84. The van der Waals surface area contributed by atoms with E-state index in [1.165, 1.54) is 6.92 Å². The van der Waals surface area contributed by atoms with Crippen LogP contribution in [0.5, 0.6) is 5.75 Å². The smallest absolute Gasteiger partial charge is 0.242 e. The van der Waals surface area contributed by atoms with Gasteiger partial charge in [-0.2, -0.15) is 0 Å². The van der Waals surface area contributed by atoms with Gasteiger partial charge in [0.05, 0.1) is 18.8 Å². The zero-order chi connectivity index (χ0) is 22.2. The van der Waals surface area contributed by atoms with Crippen molar-refractivity contribution in [3.63, 3.8) is 0 Å². The van der Waals surface area contributed by atoms with E-state index in [4.69, 9.17) is 4.74 Å². The minimum absolute atomic E-state index is 0.162. The maximum Gasteiger partial charge on any atom is 0.242 e. The van der Waals surface area contributed by atoms with Gasteiger partial charge in [0.2, 0.25) is 11.8 Å². The summed E-state index contributed by atoms with van der Waals surface area (Å²) in [5.74, 6) is 0.247. The first-order valence-corrected chi connectivity index (χ1v) is 10.1. The first kappa shape index (κ1) is 21.9. The SMILES string of the molecule is COc1ccc(NC(C)=O)cc1N[C@H](C)C(=O)NC(c1ccccc1)c1ccccc1. The second kappa shape index (κ2) is 10.3. The molecule has 1 atom stereocenters. The Bertz CT molecular complexity index is 983. The Labute approximate surface area is 182 Å². The van der Waals surface area contributed by atoms with Crippen molar-refractivity contribution in [1.82, 2.24) is 5.32 Å². The lowest BCUT2D eigenvalue weighted by atomic mass is 9.98. The molecule has 0 bridgehead atoms. The molecule has 0 heterocycles. The predicted molar refractivity (Wildman–Crippen MR) is 123 cm³/mol. The van der Waals surface area contributed by atoms with Crippen molar-refractivity contribution in [3.8, 4) is 5.75 Å². The molecule has 0 aliphatic heterocycles. The fourth-order valence-corrected chi connectivity index (χ4v) is 3.32. The highest BCUT2D eigenvalue weighted by molar-refractivity contribution is 5.90. The van der Waals surface area contributed by atoms with E-state index in [-0.39, 0.29) is 17.9 Å². The Kier molecular flexibility index (Phi) is 7.27. The lowest BCUT2D eigenvalue weighted by molar-refractivity contribution is -0.122. The third-order valence-electron chi connectivity index (χ3n) is 4.84. The summed E-state index contributed by atoms with van der Waals surface area (Å²) in [7, 11) is 1.56. The maximum absolute atomic E-state index is 13.1. The topological polar surface area (TPSA) is 79.5 Å². The molecule has 6 nitrogen and oxygen atoms in total. The molecule has 0 saturated carbocycles. The number of methoxy groups -OCH3 is 1. The van der Waals surface area contributed by atoms with Gasteiger partial charge in [-0.15, -0.1) is 0 Å². The quantitative estimate of drug-likeness (QED) is 0.509. The molecule has 0 spiro atoms. The zero-order valence-electron chi connectivity index (χ0n) is 17.9. The Morgan fingerprint density at radius 1 is 0.871 bits per heavy atom. The average Bonchev–Trinajstić information content (AvgIpc) is 2.78. The number of carbonyl (C=O) groups is 2. The monoisotopic (exact) mass is 417 g/mol. The Hall–Kier alpha value is -3.80. The standard InChI is InChI=1S/C25H27N3O3/c1-17(26-22-16-21(27-18(2)29)14-15-23(22)31-3)25(30)28-24(19-10-6-4-7-11-19)20-12-8-5-9-13-20/h4-17,24,26H,1-3H3,(H,27,29)(H,28,30)/t17-/m1/s1. The van der Waals surface area contributed by atoms with Crippen molar-refractivity contribution in [1.29, 1.82) is 0 Å². The number of nitrogens with one attached hydrogen (secondary N) is 3. The van der Waals surface area contributed by atoms with E-state index in [2.05, 4.69) is 16.0 Å². The number of benzene rings is 3. The van der Waals surface area contributed by atoms with Crippen LogP contribution in [0.2, 0.25) is 0 Å². The van der Waals surface area contributed by atoms with Crippen molar-refractivity contribution in [2.45, 2.75) is 25.9 Å². The summed E-state index contributed by atoms with van der Waals surface area (Å²) in [4.78, 5) is 24.5. The molecule has 0 aliphatic carbocycles. The summed E-state index contributed by atoms with van der Waals surface area (Å²) in [5, 5.41) is 9.08. The molecule has 0 aromatic heterocycles. The van der Waals surface area contributed by atoms with Gasteiger partial charge in [0.15, 0.2) is 0 Å². The van der Waals surface area contributed by atoms with Crippen LogP contribution >= 0.6 is 0 Å². The number of carbonyl (C=O) groups excluding carboxylic acids is 2. The van der Waals surface area contributed by atoms with Crippen LogP contribution in [-0.4, -0.2) is 25.0 Å². The van der Waals surface area contributed by atoms with Gasteiger partial charge in [-0.3, -0.25) is 9.59 Å². The third kappa shape index (κ3) is 5.85. The lowest BCUT2D eigenvalue weighted by Gasteiger charge is -2.23. The van der Waals surface area contributed by atoms with Gasteiger partial charge in [-0.05, 0) is 36.2 Å². The number of amides is 2. The van der Waals surface area contributed by atoms with Crippen molar-refractivity contribution in [2.75, 3.05) is 17.7 Å². The first-order chi connectivity index (χ1) is 15.0. The predicted octanol–water partition coefficient (Wildman–Crippen LogP) is 4.36. The number of hydrogen-bond acceptors (Lipinski definition) is 4. The van der Waals surface area contributed by atoms with E-state index in [1.54, 1.807) is 32.2 Å². The van der Waals surface area contributed by atoms with E-state index >= 15 is 0 Å². The lowest BCUT2D eigenvalue weighted by Crippen LogP contribution is -2.40. The van der Waals surface area contributed by atoms with Gasteiger partial charge in [-0.1, -0.05) is 60.7 Å². The fraction of sp³-hybridized carbons (Fsp3) is 0.200. The maximum atomic E-state index is 13.1. The molecule has 160 valence electrons. The molecule has 0 aliphatic rings. The number of hydrogen-bond donors (Lipinski definition) is 3. The normalized spacial score (nSPS) is 11.5. The molecule has 0 radical (unpaired) electrons. The van der Waals surface area contributed by atoms with Gasteiger partial charge in [0.25, 0.3) is 0 Å². The molecule has 0 saturated heterocycles. The minimum atomic E-state index is -0.545. The summed E-state index contributed by atoms with van der Waals surface area (Å²) >= 11 is 0. The minimum Gasteiger partial charge on any atom is -0.495 e. The second-order valence-corrected chi connectivity index (χ2v) is 7.23. The van der Waals surface area contributed by atoms with Crippen LogP contribution in [0, 0.1) is 0 Å². The largest absolute Gasteiger partial charge is 0.495 e. The highest BCUT2D eigenvalue weighted by atomic mass is 16.5. The van der Waals surface area contributed by atoms with E-state index in [9.17, 15) is 9.59 Å². The molecule has 3 N–H and O–H groups in total. The Balaban J connectivity index is 1.79. The average molecular weight is 418 g/mol. The molecular weight excluding hydrogens is 390 g/mol. The van der Waals surface area contributed by atoms with E-state index in [1.807, 2.05) is 60.7 Å². The summed E-state index contributed by atoms with van der Waals surface area (Å²) < 4.78 is 5.40. The summed E-state index contributed by atoms with van der Waals surface area (Å²) in [6.07, 6.45) is 0. The number of anilines is 2. The molecule has 3 aromatic rings. The molecule has 3 rings (SSSR count). The first-order valence-electron chi connectivity index (χ1n) is 10.1. The van der Waals surface area contributed by atoms with Crippen molar-refractivity contribution < 1.29 is 14.3 Å². The van der Waals surface area contributed by atoms with Crippen molar-refractivity contribution in [2.24, 2.45) is 0 Å². The molecule has 2 amide bonds. The summed E-state index contributed by atoms with van der Waals surface area (Å²) in [5.41, 5.74) is 3.24. The van der Waals surface area contributed by atoms with Crippen LogP contribution in [-0.2, 0) is 9.59 Å². The Morgan fingerprint density at radius 2 is 1.45 bits per heavy atom. The molecule has 0 unspecified atom stereocenters. The van der Waals surface area contributed by atoms with E-state index in [0.717, 1.165) is 11.1 Å². The van der Waals surface area contributed by atoms with Gasteiger partial charge < -0.3 is 20.7 Å². The molecule has 31 heavy (non-hydrogen) atoms. The van der Waals surface area contributed by atoms with E-state index < -0.39 is 6.04 Å². The number of ether oxygens (including phenoxy) is 1. The molecular formula is C25H27N3O3. The van der Waals surface area contributed by atoms with Crippen LogP contribution in [0.3, 0.4) is 0 Å². The van der Waals surface area contributed by atoms with Crippen LogP contribution in [0.1, 0.15) is 31.0 Å². The highest BCUT2D eigenvalue weighted by Crippen LogP contribution is 2.29. The van der Waals surface area contributed by atoms with Gasteiger partial charge in [0, 0.05) is 12.6 Å². The molecule has 3 aromatic carbocycles. The zero-order valence-corrected chi connectivity index (χ0v) is 17.9. The fourth-order valence-electron chi connectivity index (χ4n) is 3.32.